The van der Waals surface area contributed by atoms with E-state index in [1.807, 2.05) is 0 Å². The van der Waals surface area contributed by atoms with Gasteiger partial charge in [0, 0.05) is 11.4 Å². The molecule has 0 bridgehead atoms. The van der Waals surface area contributed by atoms with E-state index < -0.39 is 16.0 Å². The summed E-state index contributed by atoms with van der Waals surface area (Å²) in [7, 11) is -3.89. The van der Waals surface area contributed by atoms with Crippen LogP contribution in [0.25, 0.3) is 11.0 Å². The number of hydrogen-bond donors (Lipinski definition) is 3. The number of rotatable bonds is 7. The number of H-pyrrole nitrogens is 1. The van der Waals surface area contributed by atoms with E-state index in [4.69, 9.17) is 4.74 Å². The number of nitrogens with zero attached hydrogens (tertiary/aromatic N) is 1. The normalized spacial score (nSPS) is 11.5. The molecular formula is C23H21FN4O4S. The van der Waals surface area contributed by atoms with Gasteiger partial charge in [0.1, 0.15) is 5.82 Å². The second-order valence-electron chi connectivity index (χ2n) is 7.53. The van der Waals surface area contributed by atoms with Gasteiger partial charge in [-0.3, -0.25) is 4.72 Å². The molecule has 4 rings (SSSR count). The molecule has 3 aromatic carbocycles. The van der Waals surface area contributed by atoms with Crippen molar-refractivity contribution >= 4 is 44.3 Å². The Labute approximate surface area is 189 Å². The number of hydrogen-bond acceptors (Lipinski definition) is 6. The summed E-state index contributed by atoms with van der Waals surface area (Å²) < 4.78 is 46.4. The monoisotopic (exact) mass is 468 g/mol. The number of fused-ring (bicyclic) bond motifs is 1. The number of sulfonamides is 1. The maximum atomic E-state index is 13.1. The minimum atomic E-state index is -3.89. The highest BCUT2D eigenvalue weighted by molar-refractivity contribution is 7.92. The number of carbonyl (C=O) groups is 1. The van der Waals surface area contributed by atoms with Gasteiger partial charge in [0.15, 0.2) is 0 Å². The van der Waals surface area contributed by atoms with E-state index >= 15 is 0 Å². The van der Waals surface area contributed by atoms with Crippen molar-refractivity contribution in [2.75, 3.05) is 10.0 Å². The highest BCUT2D eigenvalue weighted by Gasteiger charge is 2.17. The van der Waals surface area contributed by atoms with Gasteiger partial charge < -0.3 is 15.0 Å². The minimum Gasteiger partial charge on any atom is -0.459 e. The van der Waals surface area contributed by atoms with E-state index in [-0.39, 0.29) is 16.8 Å². The number of carbonyl (C=O) groups excluding carboxylic acids is 1. The molecule has 0 unspecified atom stereocenters. The van der Waals surface area contributed by atoms with Gasteiger partial charge in [0.05, 0.1) is 27.6 Å². The summed E-state index contributed by atoms with van der Waals surface area (Å²) >= 11 is 0. The molecular weight excluding hydrogens is 447 g/mol. The highest BCUT2D eigenvalue weighted by Crippen LogP contribution is 2.23. The second kappa shape index (κ2) is 8.91. The first-order chi connectivity index (χ1) is 15.7. The zero-order valence-corrected chi connectivity index (χ0v) is 18.6. The van der Waals surface area contributed by atoms with Crippen LogP contribution < -0.4 is 10.0 Å². The van der Waals surface area contributed by atoms with Crippen LogP contribution in [-0.4, -0.2) is 30.5 Å². The van der Waals surface area contributed by atoms with Crippen LogP contribution in [0.1, 0.15) is 24.2 Å². The molecule has 0 amide bonds. The van der Waals surface area contributed by atoms with Gasteiger partial charge in [-0.05, 0) is 80.6 Å². The molecule has 0 aliphatic rings. The summed E-state index contributed by atoms with van der Waals surface area (Å²) in [5.41, 5.74) is 2.33. The average molecular weight is 469 g/mol. The maximum Gasteiger partial charge on any atom is 0.338 e. The summed E-state index contributed by atoms with van der Waals surface area (Å²) in [6, 6.07) is 16.2. The van der Waals surface area contributed by atoms with Gasteiger partial charge in [-0.1, -0.05) is 0 Å². The first-order valence-corrected chi connectivity index (χ1v) is 11.5. The number of halogens is 1. The van der Waals surface area contributed by atoms with E-state index in [0.29, 0.717) is 33.9 Å². The lowest BCUT2D eigenvalue weighted by atomic mass is 10.2. The van der Waals surface area contributed by atoms with Crippen molar-refractivity contribution in [1.29, 1.82) is 0 Å². The van der Waals surface area contributed by atoms with Gasteiger partial charge in [-0.15, -0.1) is 0 Å². The average Bonchev–Trinajstić information content (AvgIpc) is 3.16. The molecule has 0 aliphatic heterocycles. The van der Waals surface area contributed by atoms with Crippen molar-refractivity contribution in [2.24, 2.45) is 0 Å². The molecule has 0 radical (unpaired) electrons. The molecule has 10 heteroatoms. The number of nitrogens with one attached hydrogen (secondary N) is 3. The summed E-state index contributed by atoms with van der Waals surface area (Å²) in [6.07, 6.45) is -0.250. The Morgan fingerprint density at radius 2 is 1.67 bits per heavy atom. The number of ether oxygens (including phenoxy) is 1. The zero-order valence-electron chi connectivity index (χ0n) is 17.8. The molecule has 1 aromatic heterocycles. The smallest absolute Gasteiger partial charge is 0.338 e. The lowest BCUT2D eigenvalue weighted by Gasteiger charge is -2.10. The molecule has 0 saturated carbocycles. The second-order valence-corrected chi connectivity index (χ2v) is 9.22. The third-order valence-corrected chi connectivity index (χ3v) is 5.97. The van der Waals surface area contributed by atoms with Crippen molar-refractivity contribution in [3.8, 4) is 0 Å². The van der Waals surface area contributed by atoms with Crippen LogP contribution in [0.3, 0.4) is 0 Å². The third-order valence-electron chi connectivity index (χ3n) is 4.59. The van der Waals surface area contributed by atoms with E-state index in [9.17, 15) is 17.6 Å². The summed E-state index contributed by atoms with van der Waals surface area (Å²) in [5.74, 6) is -0.435. The number of anilines is 3. The Hall–Kier alpha value is -3.92. The third kappa shape index (κ3) is 5.29. The SMILES string of the molecule is CC(C)OC(=O)c1ccc(NS(=O)(=O)c2ccc3nc(Nc4ccc(F)cc4)[nH]c3c2)cc1. The van der Waals surface area contributed by atoms with Crippen LogP contribution >= 0.6 is 0 Å². The fraction of sp³-hybridized carbons (Fsp3) is 0.130. The van der Waals surface area contributed by atoms with E-state index in [2.05, 4.69) is 20.0 Å². The molecule has 0 aliphatic carbocycles. The van der Waals surface area contributed by atoms with Gasteiger partial charge in [0.2, 0.25) is 5.95 Å². The first-order valence-electron chi connectivity index (χ1n) is 10.1. The van der Waals surface area contributed by atoms with Crippen LogP contribution in [0.2, 0.25) is 0 Å². The zero-order chi connectivity index (χ0) is 23.6. The molecule has 8 nitrogen and oxygen atoms in total. The Morgan fingerprint density at radius 1 is 1.00 bits per heavy atom. The Kier molecular flexibility index (Phi) is 6.01. The van der Waals surface area contributed by atoms with Gasteiger partial charge in [0.25, 0.3) is 10.0 Å². The summed E-state index contributed by atoms with van der Waals surface area (Å²) in [6.45, 7) is 3.50. The van der Waals surface area contributed by atoms with Crippen molar-refractivity contribution in [3.63, 3.8) is 0 Å². The molecule has 170 valence electrons. The van der Waals surface area contributed by atoms with Crippen LogP contribution in [0.4, 0.5) is 21.7 Å². The Morgan fingerprint density at radius 3 is 2.33 bits per heavy atom. The van der Waals surface area contributed by atoms with Crippen molar-refractivity contribution < 1.29 is 22.3 Å². The summed E-state index contributed by atoms with van der Waals surface area (Å²) in [4.78, 5) is 19.4. The molecule has 0 spiro atoms. The van der Waals surface area contributed by atoms with Crippen molar-refractivity contribution in [2.45, 2.75) is 24.8 Å². The maximum absolute atomic E-state index is 13.1. The predicted molar refractivity (Wildman–Crippen MR) is 124 cm³/mol. The molecule has 0 atom stereocenters. The van der Waals surface area contributed by atoms with Crippen molar-refractivity contribution in [3.05, 3.63) is 78.1 Å². The van der Waals surface area contributed by atoms with Gasteiger partial charge in [-0.2, -0.15) is 0 Å². The number of benzene rings is 3. The lowest BCUT2D eigenvalue weighted by Crippen LogP contribution is -2.14. The number of aromatic amines is 1. The summed E-state index contributed by atoms with van der Waals surface area (Å²) in [5, 5.41) is 3.01. The standard InChI is InChI=1S/C23H21FN4O4S/c1-14(2)32-22(29)15-3-7-18(8-4-15)28-33(30,31)19-11-12-20-21(13-19)27-23(26-20)25-17-9-5-16(24)6-10-17/h3-14,28H,1-2H3,(H2,25,26,27). The van der Waals surface area contributed by atoms with Crippen LogP contribution in [-0.2, 0) is 14.8 Å². The highest BCUT2D eigenvalue weighted by atomic mass is 32.2. The van der Waals surface area contributed by atoms with E-state index in [1.54, 1.807) is 32.0 Å². The fourth-order valence-corrected chi connectivity index (χ4v) is 4.14. The number of aromatic nitrogens is 2. The number of esters is 1. The van der Waals surface area contributed by atoms with Crippen LogP contribution in [0.15, 0.2) is 71.6 Å². The molecule has 0 fully saturated rings. The Balaban J connectivity index is 1.51. The minimum absolute atomic E-state index is 0.0373. The van der Waals surface area contributed by atoms with Crippen LogP contribution in [0, 0.1) is 5.82 Å². The predicted octanol–water partition coefficient (Wildman–Crippen LogP) is 4.81. The van der Waals surface area contributed by atoms with E-state index in [0.717, 1.165) is 0 Å². The molecule has 0 saturated heterocycles. The van der Waals surface area contributed by atoms with Crippen LogP contribution in [0.5, 0.6) is 0 Å². The van der Waals surface area contributed by atoms with Gasteiger partial charge >= 0.3 is 5.97 Å². The van der Waals surface area contributed by atoms with Gasteiger partial charge in [-0.25, -0.2) is 22.6 Å². The van der Waals surface area contributed by atoms with Crippen molar-refractivity contribution in [1.82, 2.24) is 9.97 Å². The van der Waals surface area contributed by atoms with E-state index in [1.165, 1.54) is 48.5 Å². The lowest BCUT2D eigenvalue weighted by molar-refractivity contribution is 0.0378. The largest absolute Gasteiger partial charge is 0.459 e. The first kappa shape index (κ1) is 22.3. The number of imidazole rings is 1. The molecule has 33 heavy (non-hydrogen) atoms. The quantitative estimate of drug-likeness (QED) is 0.336. The molecule has 1 heterocycles. The Bertz CT molecular complexity index is 1400. The fourth-order valence-electron chi connectivity index (χ4n) is 3.06. The topological polar surface area (TPSA) is 113 Å². The molecule has 4 aromatic rings. The molecule has 3 N–H and O–H groups in total.